The van der Waals surface area contributed by atoms with Gasteiger partial charge in [-0.05, 0) is 26.0 Å². The van der Waals surface area contributed by atoms with Gasteiger partial charge in [0.1, 0.15) is 17.1 Å². The Morgan fingerprint density at radius 3 is 2.67 bits per heavy atom. The van der Waals surface area contributed by atoms with Crippen molar-refractivity contribution in [3.8, 4) is 5.75 Å². The van der Waals surface area contributed by atoms with E-state index in [1.165, 1.54) is 0 Å². The minimum absolute atomic E-state index is 0.557. The van der Waals surface area contributed by atoms with E-state index in [9.17, 15) is 4.79 Å². The number of carbonyl (C=O) groups excluding carboxylic acids is 1. The number of fused-ring (bicyclic) bond motifs is 1. The van der Waals surface area contributed by atoms with Crippen molar-refractivity contribution < 1.29 is 13.9 Å². The number of carbonyl (C=O) groups is 1. The third-order valence-electron chi connectivity index (χ3n) is 2.66. The molecule has 0 aliphatic heterocycles. The van der Waals surface area contributed by atoms with Crippen molar-refractivity contribution in [3.63, 3.8) is 0 Å². The zero-order valence-electron chi connectivity index (χ0n) is 8.96. The van der Waals surface area contributed by atoms with Gasteiger partial charge in [0.25, 0.3) is 0 Å². The molecule has 3 heteroatoms. The van der Waals surface area contributed by atoms with E-state index in [-0.39, 0.29) is 0 Å². The maximum atomic E-state index is 10.8. The number of aryl methyl sites for hydroxylation is 2. The number of benzene rings is 1. The summed E-state index contributed by atoms with van der Waals surface area (Å²) >= 11 is 0. The van der Waals surface area contributed by atoms with Gasteiger partial charge in [-0.3, -0.25) is 4.79 Å². The van der Waals surface area contributed by atoms with Gasteiger partial charge >= 0.3 is 0 Å². The summed E-state index contributed by atoms with van der Waals surface area (Å²) in [7, 11) is 1.61. The number of ether oxygens (including phenoxy) is 1. The van der Waals surface area contributed by atoms with Gasteiger partial charge in [-0.15, -0.1) is 0 Å². The predicted octanol–water partition coefficient (Wildman–Crippen LogP) is 2.87. The molecule has 0 amide bonds. The molecule has 0 unspecified atom stereocenters. The molecule has 0 saturated heterocycles. The van der Waals surface area contributed by atoms with Crippen LogP contribution in [0.5, 0.6) is 5.75 Å². The van der Waals surface area contributed by atoms with Crippen molar-refractivity contribution in [3.05, 3.63) is 29.0 Å². The zero-order chi connectivity index (χ0) is 11.0. The first-order chi connectivity index (χ1) is 7.19. The van der Waals surface area contributed by atoms with Crippen LogP contribution in [0, 0.1) is 13.8 Å². The average Bonchev–Trinajstić information content (AvgIpc) is 2.55. The fourth-order valence-corrected chi connectivity index (χ4v) is 1.71. The van der Waals surface area contributed by atoms with Crippen molar-refractivity contribution in [2.45, 2.75) is 13.8 Å². The number of hydrogen-bond acceptors (Lipinski definition) is 3. The SMILES string of the molecule is COc1ccc(C=O)c2oc(C)c(C)c12. The second-order valence-electron chi connectivity index (χ2n) is 3.46. The summed E-state index contributed by atoms with van der Waals surface area (Å²) < 4.78 is 10.8. The topological polar surface area (TPSA) is 39.4 Å². The molecule has 78 valence electrons. The van der Waals surface area contributed by atoms with Crippen molar-refractivity contribution in [1.29, 1.82) is 0 Å². The molecule has 0 N–H and O–H groups in total. The molecule has 0 bridgehead atoms. The fraction of sp³-hybridized carbons (Fsp3) is 0.250. The summed E-state index contributed by atoms with van der Waals surface area (Å²) in [6.45, 7) is 3.83. The molecule has 3 nitrogen and oxygen atoms in total. The minimum Gasteiger partial charge on any atom is -0.496 e. The van der Waals surface area contributed by atoms with Crippen LogP contribution in [-0.4, -0.2) is 13.4 Å². The van der Waals surface area contributed by atoms with E-state index in [2.05, 4.69) is 0 Å². The number of furan rings is 1. The maximum Gasteiger partial charge on any atom is 0.153 e. The van der Waals surface area contributed by atoms with E-state index >= 15 is 0 Å². The molecular weight excluding hydrogens is 192 g/mol. The highest BCUT2D eigenvalue weighted by Crippen LogP contribution is 2.34. The molecule has 15 heavy (non-hydrogen) atoms. The van der Waals surface area contributed by atoms with Crippen LogP contribution in [0.15, 0.2) is 16.5 Å². The Balaban J connectivity index is 2.92. The molecule has 1 aromatic heterocycles. The molecule has 1 heterocycles. The Morgan fingerprint density at radius 1 is 1.33 bits per heavy atom. The highest BCUT2D eigenvalue weighted by atomic mass is 16.5. The van der Waals surface area contributed by atoms with Gasteiger partial charge in [0.2, 0.25) is 0 Å². The lowest BCUT2D eigenvalue weighted by atomic mass is 10.1. The monoisotopic (exact) mass is 204 g/mol. The van der Waals surface area contributed by atoms with E-state index in [4.69, 9.17) is 9.15 Å². The number of rotatable bonds is 2. The molecule has 2 rings (SSSR count). The van der Waals surface area contributed by atoms with Crippen LogP contribution in [0.1, 0.15) is 21.7 Å². The number of hydrogen-bond donors (Lipinski definition) is 0. The third-order valence-corrected chi connectivity index (χ3v) is 2.66. The van der Waals surface area contributed by atoms with Crippen molar-refractivity contribution in [1.82, 2.24) is 0 Å². The summed E-state index contributed by atoms with van der Waals surface area (Å²) in [5.41, 5.74) is 2.19. The summed E-state index contributed by atoms with van der Waals surface area (Å²) in [4.78, 5) is 10.8. The van der Waals surface area contributed by atoms with Crippen LogP contribution >= 0.6 is 0 Å². The van der Waals surface area contributed by atoms with Gasteiger partial charge in [-0.1, -0.05) is 0 Å². The van der Waals surface area contributed by atoms with Crippen LogP contribution in [0.2, 0.25) is 0 Å². The first-order valence-electron chi connectivity index (χ1n) is 4.71. The van der Waals surface area contributed by atoms with Gasteiger partial charge in [-0.25, -0.2) is 0 Å². The van der Waals surface area contributed by atoms with Gasteiger partial charge < -0.3 is 9.15 Å². The predicted molar refractivity (Wildman–Crippen MR) is 57.6 cm³/mol. The highest BCUT2D eigenvalue weighted by molar-refractivity contribution is 5.99. The second-order valence-corrected chi connectivity index (χ2v) is 3.46. The lowest BCUT2D eigenvalue weighted by Crippen LogP contribution is -1.87. The lowest BCUT2D eigenvalue weighted by molar-refractivity contribution is 0.112. The van der Waals surface area contributed by atoms with Crippen molar-refractivity contribution >= 4 is 17.3 Å². The largest absolute Gasteiger partial charge is 0.496 e. The second kappa shape index (κ2) is 3.42. The molecule has 0 aliphatic rings. The summed E-state index contributed by atoms with van der Waals surface area (Å²) in [5, 5.41) is 0.889. The van der Waals surface area contributed by atoms with E-state index in [1.54, 1.807) is 19.2 Å². The molecule has 0 saturated carbocycles. The smallest absolute Gasteiger partial charge is 0.153 e. The average molecular weight is 204 g/mol. The van der Waals surface area contributed by atoms with Crippen LogP contribution in [0.25, 0.3) is 11.0 Å². The molecule has 0 radical (unpaired) electrons. The van der Waals surface area contributed by atoms with E-state index in [0.29, 0.717) is 11.1 Å². The van der Waals surface area contributed by atoms with Gasteiger partial charge in [0.05, 0.1) is 18.1 Å². The van der Waals surface area contributed by atoms with E-state index < -0.39 is 0 Å². The minimum atomic E-state index is 0.557. The van der Waals surface area contributed by atoms with Crippen LogP contribution in [-0.2, 0) is 0 Å². The quantitative estimate of drug-likeness (QED) is 0.706. The van der Waals surface area contributed by atoms with E-state index in [0.717, 1.165) is 28.7 Å². The van der Waals surface area contributed by atoms with Crippen LogP contribution in [0.3, 0.4) is 0 Å². The Labute approximate surface area is 87.6 Å². The third kappa shape index (κ3) is 1.31. The van der Waals surface area contributed by atoms with Gasteiger partial charge in [-0.2, -0.15) is 0 Å². The molecule has 0 atom stereocenters. The normalized spacial score (nSPS) is 10.6. The molecule has 0 fully saturated rings. The molecule has 1 aromatic carbocycles. The highest BCUT2D eigenvalue weighted by Gasteiger charge is 2.14. The fourth-order valence-electron chi connectivity index (χ4n) is 1.71. The first-order valence-corrected chi connectivity index (χ1v) is 4.71. The lowest BCUT2D eigenvalue weighted by Gasteiger charge is -2.02. The van der Waals surface area contributed by atoms with Crippen molar-refractivity contribution in [2.24, 2.45) is 0 Å². The van der Waals surface area contributed by atoms with Crippen molar-refractivity contribution in [2.75, 3.05) is 7.11 Å². The van der Waals surface area contributed by atoms with Crippen LogP contribution in [0.4, 0.5) is 0 Å². The zero-order valence-corrected chi connectivity index (χ0v) is 8.96. The summed E-state index contributed by atoms with van der Waals surface area (Å²) in [6, 6.07) is 3.49. The van der Waals surface area contributed by atoms with E-state index in [1.807, 2.05) is 13.8 Å². The van der Waals surface area contributed by atoms with Crippen LogP contribution < -0.4 is 4.74 Å². The Morgan fingerprint density at radius 2 is 2.07 bits per heavy atom. The maximum absolute atomic E-state index is 10.8. The standard InChI is InChI=1S/C12H12O3/c1-7-8(2)15-12-9(6-13)4-5-10(14-3)11(7)12/h4-6H,1-3H3. The molecule has 0 spiro atoms. The molecule has 0 aliphatic carbocycles. The number of aldehydes is 1. The summed E-state index contributed by atoms with van der Waals surface area (Å²) in [5.74, 6) is 1.56. The molecule has 2 aromatic rings. The van der Waals surface area contributed by atoms with Gasteiger partial charge in [0, 0.05) is 5.56 Å². The Hall–Kier alpha value is -1.77. The Bertz CT molecular complexity index is 523. The Kier molecular flexibility index (Phi) is 2.23. The first kappa shape index (κ1) is 9.77. The van der Waals surface area contributed by atoms with Gasteiger partial charge in [0.15, 0.2) is 6.29 Å². The summed E-state index contributed by atoms with van der Waals surface area (Å²) in [6.07, 6.45) is 0.796. The molecular formula is C12H12O3. The number of methoxy groups -OCH3 is 1.